The first-order chi connectivity index (χ1) is 14.7. The molecule has 0 saturated carbocycles. The number of nitrogens with zero attached hydrogens (tertiary/aromatic N) is 2. The van der Waals surface area contributed by atoms with Crippen LogP contribution in [0.15, 0.2) is 36.4 Å². The van der Waals surface area contributed by atoms with Gasteiger partial charge in [0.2, 0.25) is 5.91 Å². The number of nitro benzene ring substituents is 1. The molecule has 3 N–H and O–H groups in total. The van der Waals surface area contributed by atoms with Gasteiger partial charge in [-0.25, -0.2) is 4.39 Å². The number of nitrogens with two attached hydrogens (primary N) is 1. The van der Waals surface area contributed by atoms with E-state index in [4.69, 9.17) is 5.73 Å². The summed E-state index contributed by atoms with van der Waals surface area (Å²) in [5, 5.41) is 13.7. The molecule has 9 nitrogen and oxygen atoms in total. The number of carbonyl (C=O) groups excluding carboxylic acids is 3. The average molecular weight is 428 g/mol. The lowest BCUT2D eigenvalue weighted by atomic mass is 9.95. The van der Waals surface area contributed by atoms with E-state index in [0.717, 1.165) is 12.1 Å². The second-order valence-electron chi connectivity index (χ2n) is 7.33. The van der Waals surface area contributed by atoms with Crippen molar-refractivity contribution in [3.8, 4) is 0 Å². The maximum atomic E-state index is 14.1. The Labute approximate surface area is 177 Å². The van der Waals surface area contributed by atoms with Crippen LogP contribution in [0.3, 0.4) is 0 Å². The molecule has 2 aromatic carbocycles. The minimum atomic E-state index is -0.874. The van der Waals surface area contributed by atoms with Crippen LogP contribution < -0.4 is 11.1 Å². The Kier molecular flexibility index (Phi) is 6.28. The molecule has 1 aliphatic heterocycles. The smallest absolute Gasteiger partial charge is 0.276 e. The first kappa shape index (κ1) is 21.9. The molecule has 0 atom stereocenters. The van der Waals surface area contributed by atoms with Gasteiger partial charge in [-0.05, 0) is 38.0 Å². The van der Waals surface area contributed by atoms with Crippen LogP contribution in [0.5, 0.6) is 0 Å². The second kappa shape index (κ2) is 8.90. The highest BCUT2D eigenvalue weighted by atomic mass is 19.1. The number of nitrogens with one attached hydrogen (secondary N) is 1. The van der Waals surface area contributed by atoms with Gasteiger partial charge in [0, 0.05) is 30.6 Å². The van der Waals surface area contributed by atoms with Gasteiger partial charge in [0.1, 0.15) is 5.82 Å². The molecule has 0 bridgehead atoms. The largest absolute Gasteiger partial charge is 0.369 e. The van der Waals surface area contributed by atoms with E-state index in [9.17, 15) is 28.9 Å². The van der Waals surface area contributed by atoms with Crippen LogP contribution in [0.4, 0.5) is 15.8 Å². The van der Waals surface area contributed by atoms with E-state index in [1.165, 1.54) is 19.1 Å². The molecule has 1 saturated heterocycles. The summed E-state index contributed by atoms with van der Waals surface area (Å²) < 4.78 is 14.1. The third-order valence-electron chi connectivity index (χ3n) is 5.37. The fourth-order valence-electron chi connectivity index (χ4n) is 3.50. The van der Waals surface area contributed by atoms with E-state index in [0.29, 0.717) is 25.9 Å². The fraction of sp³-hybridized carbons (Fsp3) is 0.286. The van der Waals surface area contributed by atoms with Crippen LogP contribution in [0.25, 0.3) is 0 Å². The Morgan fingerprint density at radius 1 is 1.19 bits per heavy atom. The fourth-order valence-corrected chi connectivity index (χ4v) is 3.50. The molecule has 10 heteroatoms. The molecule has 0 spiro atoms. The van der Waals surface area contributed by atoms with Crippen molar-refractivity contribution < 1.29 is 23.7 Å². The Balaban J connectivity index is 1.81. The van der Waals surface area contributed by atoms with Crippen molar-refractivity contribution in [2.45, 2.75) is 19.8 Å². The predicted molar refractivity (Wildman–Crippen MR) is 110 cm³/mol. The highest BCUT2D eigenvalue weighted by Gasteiger charge is 2.28. The lowest BCUT2D eigenvalue weighted by Crippen LogP contribution is -2.42. The highest BCUT2D eigenvalue weighted by molar-refractivity contribution is 6.09. The van der Waals surface area contributed by atoms with E-state index in [1.807, 2.05) is 0 Å². The van der Waals surface area contributed by atoms with Crippen molar-refractivity contribution in [2.24, 2.45) is 11.7 Å². The second-order valence-corrected chi connectivity index (χ2v) is 7.33. The Morgan fingerprint density at radius 3 is 2.45 bits per heavy atom. The van der Waals surface area contributed by atoms with Gasteiger partial charge in [0.05, 0.1) is 21.7 Å². The van der Waals surface area contributed by atoms with Crippen LogP contribution >= 0.6 is 0 Å². The van der Waals surface area contributed by atoms with Crippen LogP contribution in [0.2, 0.25) is 0 Å². The number of benzene rings is 2. The minimum absolute atomic E-state index is 0.170. The zero-order valence-corrected chi connectivity index (χ0v) is 16.8. The van der Waals surface area contributed by atoms with Gasteiger partial charge in [0.25, 0.3) is 17.5 Å². The van der Waals surface area contributed by atoms with Gasteiger partial charge >= 0.3 is 0 Å². The topological polar surface area (TPSA) is 136 Å². The molecular formula is C21H21FN4O5. The maximum absolute atomic E-state index is 14.1. The van der Waals surface area contributed by atoms with E-state index in [2.05, 4.69) is 5.32 Å². The van der Waals surface area contributed by atoms with Crippen molar-refractivity contribution in [3.63, 3.8) is 0 Å². The number of rotatable bonds is 5. The zero-order chi connectivity index (χ0) is 22.7. The van der Waals surface area contributed by atoms with Gasteiger partial charge in [-0.1, -0.05) is 12.1 Å². The quantitative estimate of drug-likeness (QED) is 0.557. The Hall–Kier alpha value is -3.82. The molecule has 0 unspecified atom stereocenters. The monoisotopic (exact) mass is 428 g/mol. The van der Waals surface area contributed by atoms with E-state index < -0.39 is 22.3 Å². The molecule has 1 heterocycles. The molecule has 3 rings (SSSR count). The van der Waals surface area contributed by atoms with Crippen LogP contribution in [-0.2, 0) is 4.79 Å². The third-order valence-corrected chi connectivity index (χ3v) is 5.37. The lowest BCUT2D eigenvalue weighted by Gasteiger charge is -2.31. The number of hydrogen-bond acceptors (Lipinski definition) is 5. The number of piperidine rings is 1. The van der Waals surface area contributed by atoms with Gasteiger partial charge in [0.15, 0.2) is 0 Å². The molecule has 0 aliphatic carbocycles. The third kappa shape index (κ3) is 4.68. The molecule has 31 heavy (non-hydrogen) atoms. The number of carbonyl (C=O) groups is 3. The van der Waals surface area contributed by atoms with Crippen molar-refractivity contribution in [3.05, 3.63) is 69.0 Å². The molecule has 162 valence electrons. The summed E-state index contributed by atoms with van der Waals surface area (Å²) in [6, 6.07) is 8.21. The molecule has 2 aromatic rings. The van der Waals surface area contributed by atoms with Gasteiger partial charge < -0.3 is 16.0 Å². The zero-order valence-electron chi connectivity index (χ0n) is 16.8. The van der Waals surface area contributed by atoms with Crippen LogP contribution in [-0.4, -0.2) is 40.6 Å². The number of halogens is 1. The van der Waals surface area contributed by atoms with E-state index in [1.54, 1.807) is 17.0 Å². The molecule has 0 aromatic heterocycles. The number of para-hydroxylation sites is 1. The average Bonchev–Trinajstić information content (AvgIpc) is 2.75. The van der Waals surface area contributed by atoms with E-state index >= 15 is 0 Å². The molecule has 1 fully saturated rings. The van der Waals surface area contributed by atoms with E-state index in [-0.39, 0.29) is 40.1 Å². The number of amides is 3. The van der Waals surface area contributed by atoms with Gasteiger partial charge in [-0.15, -0.1) is 0 Å². The number of primary amides is 1. The summed E-state index contributed by atoms with van der Waals surface area (Å²) in [6.07, 6.45) is 0.920. The van der Waals surface area contributed by atoms with Gasteiger partial charge in [-0.3, -0.25) is 24.5 Å². The summed E-state index contributed by atoms with van der Waals surface area (Å²) in [5.41, 5.74) is 4.82. The number of likely N-dealkylation sites (tertiary alicyclic amines) is 1. The summed E-state index contributed by atoms with van der Waals surface area (Å²) in [4.78, 5) is 48.9. The molecule has 0 radical (unpaired) electrons. The number of hydrogen-bond donors (Lipinski definition) is 2. The van der Waals surface area contributed by atoms with Crippen molar-refractivity contribution in [1.29, 1.82) is 0 Å². The molecular weight excluding hydrogens is 407 g/mol. The van der Waals surface area contributed by atoms with Crippen molar-refractivity contribution in [1.82, 2.24) is 4.90 Å². The molecule has 3 amide bonds. The lowest BCUT2D eigenvalue weighted by molar-refractivity contribution is -0.385. The van der Waals surface area contributed by atoms with Gasteiger partial charge in [-0.2, -0.15) is 0 Å². The molecule has 1 aliphatic rings. The predicted octanol–water partition coefficient (Wildman–Crippen LogP) is 2.63. The minimum Gasteiger partial charge on any atom is -0.369 e. The number of anilines is 1. The van der Waals surface area contributed by atoms with Crippen molar-refractivity contribution in [2.75, 3.05) is 18.4 Å². The SMILES string of the molecule is Cc1c(F)cc(C(=O)Nc2ccccc2C(=O)N2CCC(C(N)=O)CC2)cc1[N+](=O)[O-]. The summed E-state index contributed by atoms with van der Waals surface area (Å²) >= 11 is 0. The normalized spacial score (nSPS) is 14.2. The van der Waals surface area contributed by atoms with Crippen LogP contribution in [0, 0.1) is 28.8 Å². The Morgan fingerprint density at radius 2 is 1.84 bits per heavy atom. The standard InChI is InChI=1S/C21H21FN4O5/c1-12-16(22)10-14(11-18(12)26(30)31)20(28)24-17-5-3-2-4-15(17)21(29)25-8-6-13(7-9-25)19(23)27/h2-5,10-11,13H,6-9H2,1H3,(H2,23,27)(H,24,28). The Bertz CT molecular complexity index is 1060. The first-order valence-electron chi connectivity index (χ1n) is 9.62. The maximum Gasteiger partial charge on any atom is 0.276 e. The van der Waals surface area contributed by atoms with Crippen LogP contribution in [0.1, 0.15) is 39.1 Å². The first-order valence-corrected chi connectivity index (χ1v) is 9.62. The summed E-state index contributed by atoms with van der Waals surface area (Å²) in [5.74, 6) is -2.65. The number of nitro groups is 1. The highest BCUT2D eigenvalue weighted by Crippen LogP contribution is 2.25. The summed E-state index contributed by atoms with van der Waals surface area (Å²) in [7, 11) is 0. The van der Waals surface area contributed by atoms with Crippen molar-refractivity contribution >= 4 is 29.1 Å². The summed E-state index contributed by atoms with van der Waals surface area (Å²) in [6.45, 7) is 1.96.